The number of aliphatic imine (C=N–C) groups is 1. The number of guanidine groups is 1. The SMILES string of the molecule is CN=C(NCc1ccc(Cn2ccnc2)cc1)N(C)Cc1ccccc1Cl.I. The Morgan fingerprint density at radius 2 is 1.86 bits per heavy atom. The van der Waals surface area contributed by atoms with Crippen molar-refractivity contribution < 1.29 is 0 Å². The number of halogens is 2. The lowest BCUT2D eigenvalue weighted by Crippen LogP contribution is -2.38. The fourth-order valence-electron chi connectivity index (χ4n) is 2.88. The molecule has 0 fully saturated rings. The average molecular weight is 510 g/mol. The molecule has 0 aliphatic heterocycles. The highest BCUT2D eigenvalue weighted by atomic mass is 127. The Hall–Kier alpha value is -2.06. The maximum Gasteiger partial charge on any atom is 0.193 e. The molecule has 148 valence electrons. The Balaban J connectivity index is 0.00000280. The number of rotatable bonds is 6. The highest BCUT2D eigenvalue weighted by Gasteiger charge is 2.08. The summed E-state index contributed by atoms with van der Waals surface area (Å²) in [5.74, 6) is 0.831. The van der Waals surface area contributed by atoms with Gasteiger partial charge in [-0.05, 0) is 22.8 Å². The van der Waals surface area contributed by atoms with E-state index in [1.165, 1.54) is 11.1 Å². The van der Waals surface area contributed by atoms with Gasteiger partial charge < -0.3 is 14.8 Å². The lowest BCUT2D eigenvalue weighted by atomic mass is 10.1. The number of aromatic nitrogens is 2. The molecule has 5 nitrogen and oxygen atoms in total. The Kier molecular flexibility index (Phi) is 8.79. The standard InChI is InChI=1S/C21H24ClN5.HI/c1-23-21(26(2)15-19-5-3-4-6-20(19)22)25-13-17-7-9-18(10-8-17)14-27-12-11-24-16-27;/h3-12,16H,13-15H2,1-2H3,(H,23,25);1H. The highest BCUT2D eigenvalue weighted by molar-refractivity contribution is 14.0. The van der Waals surface area contributed by atoms with Gasteiger partial charge in [0.1, 0.15) is 0 Å². The largest absolute Gasteiger partial charge is 0.352 e. The van der Waals surface area contributed by atoms with E-state index in [0.717, 1.165) is 23.1 Å². The van der Waals surface area contributed by atoms with Gasteiger partial charge in [-0.2, -0.15) is 0 Å². The van der Waals surface area contributed by atoms with Gasteiger partial charge in [0.15, 0.2) is 5.96 Å². The van der Waals surface area contributed by atoms with Crippen molar-refractivity contribution in [1.29, 1.82) is 0 Å². The summed E-state index contributed by atoms with van der Waals surface area (Å²) < 4.78 is 2.05. The molecule has 7 heteroatoms. The molecule has 0 unspecified atom stereocenters. The molecule has 1 aromatic heterocycles. The first-order chi connectivity index (χ1) is 13.2. The van der Waals surface area contributed by atoms with E-state index < -0.39 is 0 Å². The van der Waals surface area contributed by atoms with Gasteiger partial charge in [-0.3, -0.25) is 4.99 Å². The van der Waals surface area contributed by atoms with Crippen LogP contribution in [0.2, 0.25) is 5.02 Å². The number of hydrogen-bond acceptors (Lipinski definition) is 2. The van der Waals surface area contributed by atoms with Gasteiger partial charge in [0, 0.05) is 51.1 Å². The van der Waals surface area contributed by atoms with Crippen LogP contribution < -0.4 is 5.32 Å². The molecule has 0 atom stereocenters. The first-order valence-electron chi connectivity index (χ1n) is 8.84. The van der Waals surface area contributed by atoms with Gasteiger partial charge in [-0.1, -0.05) is 54.1 Å². The van der Waals surface area contributed by atoms with Crippen LogP contribution in [0.25, 0.3) is 0 Å². The predicted molar refractivity (Wildman–Crippen MR) is 126 cm³/mol. The van der Waals surface area contributed by atoms with Crippen LogP contribution in [0.3, 0.4) is 0 Å². The number of hydrogen-bond donors (Lipinski definition) is 1. The fraction of sp³-hybridized carbons (Fsp3) is 0.238. The van der Waals surface area contributed by atoms with Gasteiger partial charge in [-0.25, -0.2) is 4.98 Å². The minimum absolute atomic E-state index is 0. The van der Waals surface area contributed by atoms with Crippen LogP contribution in [-0.2, 0) is 19.6 Å². The number of benzene rings is 2. The van der Waals surface area contributed by atoms with E-state index in [4.69, 9.17) is 11.6 Å². The van der Waals surface area contributed by atoms with E-state index in [0.29, 0.717) is 13.1 Å². The van der Waals surface area contributed by atoms with E-state index in [1.54, 1.807) is 13.2 Å². The van der Waals surface area contributed by atoms with Crippen molar-refractivity contribution >= 4 is 41.5 Å². The second-order valence-corrected chi connectivity index (χ2v) is 6.81. The Morgan fingerprint density at radius 1 is 1.14 bits per heavy atom. The van der Waals surface area contributed by atoms with Gasteiger partial charge in [0.25, 0.3) is 0 Å². The lowest BCUT2D eigenvalue weighted by molar-refractivity contribution is 0.476. The summed E-state index contributed by atoms with van der Waals surface area (Å²) in [7, 11) is 3.80. The van der Waals surface area contributed by atoms with Crippen molar-refractivity contribution in [2.24, 2.45) is 4.99 Å². The topological polar surface area (TPSA) is 45.5 Å². The molecule has 0 saturated carbocycles. The number of imidazole rings is 1. The Bertz CT molecular complexity index is 878. The molecule has 1 N–H and O–H groups in total. The summed E-state index contributed by atoms with van der Waals surface area (Å²) in [4.78, 5) is 10.5. The molecule has 0 bridgehead atoms. The lowest BCUT2D eigenvalue weighted by Gasteiger charge is -2.22. The van der Waals surface area contributed by atoms with Crippen LogP contribution in [0, 0.1) is 0 Å². The van der Waals surface area contributed by atoms with Crippen LogP contribution in [0.15, 0.2) is 72.2 Å². The minimum Gasteiger partial charge on any atom is -0.352 e. The summed E-state index contributed by atoms with van der Waals surface area (Å²) in [5, 5.41) is 4.18. The predicted octanol–water partition coefficient (Wildman–Crippen LogP) is 4.41. The molecule has 1 heterocycles. The monoisotopic (exact) mass is 509 g/mol. The van der Waals surface area contributed by atoms with Crippen molar-refractivity contribution in [2.75, 3.05) is 14.1 Å². The zero-order valence-electron chi connectivity index (χ0n) is 16.0. The maximum absolute atomic E-state index is 6.26. The third kappa shape index (κ3) is 6.24. The summed E-state index contributed by atoms with van der Waals surface area (Å²) >= 11 is 6.26. The first-order valence-corrected chi connectivity index (χ1v) is 9.22. The van der Waals surface area contributed by atoms with E-state index >= 15 is 0 Å². The van der Waals surface area contributed by atoms with Crippen molar-refractivity contribution in [3.63, 3.8) is 0 Å². The molecule has 0 amide bonds. The first kappa shape index (κ1) is 22.2. The Labute approximate surface area is 188 Å². The third-order valence-electron chi connectivity index (χ3n) is 4.34. The number of nitrogens with one attached hydrogen (secondary N) is 1. The summed E-state index contributed by atoms with van der Waals surface area (Å²) in [6.07, 6.45) is 5.59. The Morgan fingerprint density at radius 3 is 2.50 bits per heavy atom. The van der Waals surface area contributed by atoms with Crippen molar-refractivity contribution in [1.82, 2.24) is 19.8 Å². The maximum atomic E-state index is 6.26. The van der Waals surface area contributed by atoms with Crippen molar-refractivity contribution in [3.05, 3.63) is 89.0 Å². The fourth-order valence-corrected chi connectivity index (χ4v) is 3.07. The van der Waals surface area contributed by atoms with Crippen LogP contribution >= 0.6 is 35.6 Å². The van der Waals surface area contributed by atoms with Crippen LogP contribution in [0.4, 0.5) is 0 Å². The van der Waals surface area contributed by atoms with Crippen molar-refractivity contribution in [3.8, 4) is 0 Å². The third-order valence-corrected chi connectivity index (χ3v) is 4.71. The molecule has 0 radical (unpaired) electrons. The van der Waals surface area contributed by atoms with E-state index in [-0.39, 0.29) is 24.0 Å². The summed E-state index contributed by atoms with van der Waals surface area (Å²) in [6.45, 7) is 2.24. The molecule has 3 rings (SSSR count). The molecule has 0 aliphatic rings. The average Bonchev–Trinajstić information content (AvgIpc) is 3.18. The molecular formula is C21H25ClIN5. The molecule has 0 saturated heterocycles. The second-order valence-electron chi connectivity index (χ2n) is 6.40. The zero-order valence-corrected chi connectivity index (χ0v) is 19.1. The zero-order chi connectivity index (χ0) is 19.1. The normalized spacial score (nSPS) is 11.0. The molecule has 0 spiro atoms. The number of nitrogens with zero attached hydrogens (tertiary/aromatic N) is 4. The van der Waals surface area contributed by atoms with Gasteiger partial charge in [-0.15, -0.1) is 24.0 Å². The van der Waals surface area contributed by atoms with Gasteiger partial charge >= 0.3 is 0 Å². The van der Waals surface area contributed by atoms with Crippen LogP contribution in [-0.4, -0.2) is 34.5 Å². The van der Waals surface area contributed by atoms with Gasteiger partial charge in [0.2, 0.25) is 0 Å². The summed E-state index contributed by atoms with van der Waals surface area (Å²) in [6, 6.07) is 16.4. The smallest absolute Gasteiger partial charge is 0.193 e. The van der Waals surface area contributed by atoms with E-state index in [1.807, 2.05) is 43.8 Å². The van der Waals surface area contributed by atoms with Crippen LogP contribution in [0.5, 0.6) is 0 Å². The highest BCUT2D eigenvalue weighted by Crippen LogP contribution is 2.16. The minimum atomic E-state index is 0. The molecule has 0 aliphatic carbocycles. The van der Waals surface area contributed by atoms with E-state index in [9.17, 15) is 0 Å². The summed E-state index contributed by atoms with van der Waals surface area (Å²) in [5.41, 5.74) is 3.53. The molecular weight excluding hydrogens is 485 g/mol. The second kappa shape index (κ2) is 11.1. The van der Waals surface area contributed by atoms with Crippen LogP contribution in [0.1, 0.15) is 16.7 Å². The quantitative estimate of drug-likeness (QED) is 0.304. The van der Waals surface area contributed by atoms with Crippen molar-refractivity contribution in [2.45, 2.75) is 19.6 Å². The molecule has 28 heavy (non-hydrogen) atoms. The van der Waals surface area contributed by atoms with Gasteiger partial charge in [0.05, 0.1) is 6.33 Å². The molecule has 2 aromatic carbocycles. The molecule has 3 aromatic rings. The van der Waals surface area contributed by atoms with E-state index in [2.05, 4.69) is 49.0 Å².